The van der Waals surface area contributed by atoms with E-state index in [2.05, 4.69) is 4.99 Å². The molecule has 3 N–H and O–H groups in total. The highest BCUT2D eigenvalue weighted by Gasteiger charge is 2.15. The van der Waals surface area contributed by atoms with Crippen LogP contribution in [0.4, 0.5) is 0 Å². The highest BCUT2D eigenvalue weighted by molar-refractivity contribution is 6.02. The summed E-state index contributed by atoms with van der Waals surface area (Å²) < 4.78 is 0. The van der Waals surface area contributed by atoms with Crippen LogP contribution in [-0.2, 0) is 4.79 Å². The minimum absolute atomic E-state index is 0.0332. The normalized spacial score (nSPS) is 13.5. The van der Waals surface area contributed by atoms with E-state index in [0.29, 0.717) is 11.3 Å². The first-order valence-corrected chi connectivity index (χ1v) is 4.72. The van der Waals surface area contributed by atoms with Gasteiger partial charge in [-0.25, -0.2) is 4.79 Å². The summed E-state index contributed by atoms with van der Waals surface area (Å²) >= 11 is 0. The van der Waals surface area contributed by atoms with E-state index in [9.17, 15) is 9.90 Å². The molecule has 1 unspecified atom stereocenters. The standard InChI is InChI=1S/C11H13NO4/c1-7(12-9(6-13)11(15)16)8-4-2-3-5-10(8)14/h2-5,9,13-14H,6H2,1H3,(H,15,16). The van der Waals surface area contributed by atoms with Crippen LogP contribution in [0.3, 0.4) is 0 Å². The molecule has 0 spiro atoms. The summed E-state index contributed by atoms with van der Waals surface area (Å²) in [5.74, 6) is -1.16. The van der Waals surface area contributed by atoms with Gasteiger partial charge in [0.1, 0.15) is 5.75 Å². The second kappa shape index (κ2) is 5.27. The number of carbonyl (C=O) groups is 1. The summed E-state index contributed by atoms with van der Waals surface area (Å²) in [6.07, 6.45) is 0. The SMILES string of the molecule is CC(=NC(CO)C(=O)O)c1ccccc1O. The Balaban J connectivity index is 3.01. The Bertz CT molecular complexity index is 414. The second-order valence-electron chi connectivity index (χ2n) is 3.27. The lowest BCUT2D eigenvalue weighted by Crippen LogP contribution is -2.23. The molecule has 0 amide bonds. The number of hydrogen-bond donors (Lipinski definition) is 3. The van der Waals surface area contributed by atoms with Crippen molar-refractivity contribution >= 4 is 11.7 Å². The van der Waals surface area contributed by atoms with Crippen LogP contribution >= 0.6 is 0 Å². The first-order valence-electron chi connectivity index (χ1n) is 4.72. The molecule has 1 atom stereocenters. The number of benzene rings is 1. The maximum Gasteiger partial charge on any atom is 0.330 e. The predicted octanol–water partition coefficient (Wildman–Crippen LogP) is 0.647. The van der Waals surface area contributed by atoms with Crippen molar-refractivity contribution in [1.82, 2.24) is 0 Å². The molecule has 1 rings (SSSR count). The average Bonchev–Trinajstić information content (AvgIpc) is 2.25. The summed E-state index contributed by atoms with van der Waals surface area (Å²) in [5, 5.41) is 27.0. The Kier molecular flexibility index (Phi) is 4.02. The number of aliphatic carboxylic acids is 1. The van der Waals surface area contributed by atoms with E-state index in [1.54, 1.807) is 25.1 Å². The van der Waals surface area contributed by atoms with E-state index < -0.39 is 18.6 Å². The molecule has 5 nitrogen and oxygen atoms in total. The molecule has 0 saturated carbocycles. The number of phenolic OH excluding ortho intramolecular Hbond substituents is 1. The Labute approximate surface area is 92.7 Å². The number of aliphatic imine (C=N–C) groups is 1. The largest absolute Gasteiger partial charge is 0.507 e. The summed E-state index contributed by atoms with van der Waals surface area (Å²) in [7, 11) is 0. The van der Waals surface area contributed by atoms with Crippen LogP contribution in [-0.4, -0.2) is 39.6 Å². The Hall–Kier alpha value is -1.88. The molecule has 16 heavy (non-hydrogen) atoms. The summed E-state index contributed by atoms with van der Waals surface area (Å²) in [4.78, 5) is 14.5. The number of para-hydroxylation sites is 1. The number of rotatable bonds is 4. The Morgan fingerprint density at radius 1 is 1.44 bits per heavy atom. The number of aromatic hydroxyl groups is 1. The van der Waals surface area contributed by atoms with Gasteiger partial charge < -0.3 is 15.3 Å². The fraction of sp³-hybridized carbons (Fsp3) is 0.273. The van der Waals surface area contributed by atoms with Crippen molar-refractivity contribution in [2.75, 3.05) is 6.61 Å². The minimum Gasteiger partial charge on any atom is -0.507 e. The van der Waals surface area contributed by atoms with Gasteiger partial charge >= 0.3 is 5.97 Å². The average molecular weight is 223 g/mol. The van der Waals surface area contributed by atoms with Gasteiger partial charge in [-0.2, -0.15) is 0 Å². The highest BCUT2D eigenvalue weighted by Crippen LogP contribution is 2.16. The summed E-state index contributed by atoms with van der Waals surface area (Å²) in [6, 6.07) is 5.29. The van der Waals surface area contributed by atoms with Gasteiger partial charge in [0.2, 0.25) is 0 Å². The minimum atomic E-state index is -1.20. The zero-order chi connectivity index (χ0) is 12.1. The molecule has 1 aromatic carbocycles. The molecule has 0 aromatic heterocycles. The maximum absolute atomic E-state index is 10.7. The molecule has 0 aliphatic rings. The van der Waals surface area contributed by atoms with Gasteiger partial charge in [-0.05, 0) is 19.1 Å². The van der Waals surface area contributed by atoms with E-state index >= 15 is 0 Å². The summed E-state index contributed by atoms with van der Waals surface area (Å²) in [5.41, 5.74) is 0.835. The van der Waals surface area contributed by atoms with Gasteiger partial charge in [-0.15, -0.1) is 0 Å². The van der Waals surface area contributed by atoms with Crippen LogP contribution in [0.5, 0.6) is 5.75 Å². The first kappa shape index (κ1) is 12.2. The van der Waals surface area contributed by atoms with Crippen molar-refractivity contribution in [3.8, 4) is 5.75 Å². The van der Waals surface area contributed by atoms with Crippen molar-refractivity contribution in [2.45, 2.75) is 13.0 Å². The number of carboxylic acids is 1. The third kappa shape index (κ3) is 2.80. The molecule has 0 saturated heterocycles. The lowest BCUT2D eigenvalue weighted by atomic mass is 10.1. The van der Waals surface area contributed by atoms with E-state index in [1.165, 1.54) is 6.07 Å². The van der Waals surface area contributed by atoms with Crippen LogP contribution in [0.15, 0.2) is 29.3 Å². The highest BCUT2D eigenvalue weighted by atomic mass is 16.4. The quantitative estimate of drug-likeness (QED) is 0.653. The monoisotopic (exact) mass is 223 g/mol. The van der Waals surface area contributed by atoms with Crippen LogP contribution in [0.2, 0.25) is 0 Å². The maximum atomic E-state index is 10.7. The van der Waals surface area contributed by atoms with E-state index in [-0.39, 0.29) is 5.75 Å². The number of aliphatic hydroxyl groups excluding tert-OH is 1. The number of aliphatic hydroxyl groups is 1. The zero-order valence-corrected chi connectivity index (χ0v) is 8.79. The molecule has 0 bridgehead atoms. The van der Waals surface area contributed by atoms with Gasteiger partial charge in [-0.3, -0.25) is 4.99 Å². The molecule has 0 radical (unpaired) electrons. The van der Waals surface area contributed by atoms with Crippen LogP contribution in [0, 0.1) is 0 Å². The van der Waals surface area contributed by atoms with Crippen molar-refractivity contribution in [3.63, 3.8) is 0 Å². The zero-order valence-electron chi connectivity index (χ0n) is 8.79. The first-order chi connectivity index (χ1) is 7.56. The number of nitrogens with zero attached hydrogens (tertiary/aromatic N) is 1. The molecule has 0 heterocycles. The van der Waals surface area contributed by atoms with Crippen LogP contribution < -0.4 is 0 Å². The smallest absolute Gasteiger partial charge is 0.330 e. The fourth-order valence-electron chi connectivity index (χ4n) is 1.26. The van der Waals surface area contributed by atoms with Gasteiger partial charge in [0.25, 0.3) is 0 Å². The molecule has 0 fully saturated rings. The van der Waals surface area contributed by atoms with Crippen molar-refractivity contribution < 1.29 is 20.1 Å². The molecule has 0 aliphatic carbocycles. The lowest BCUT2D eigenvalue weighted by Gasteiger charge is -2.07. The second-order valence-corrected chi connectivity index (χ2v) is 3.27. The van der Waals surface area contributed by atoms with Crippen molar-refractivity contribution in [1.29, 1.82) is 0 Å². The van der Waals surface area contributed by atoms with Crippen molar-refractivity contribution in [2.24, 2.45) is 4.99 Å². The summed E-state index contributed by atoms with van der Waals surface area (Å²) in [6.45, 7) is 1.01. The predicted molar refractivity (Wildman–Crippen MR) is 58.8 cm³/mol. The van der Waals surface area contributed by atoms with Gasteiger partial charge in [0.05, 0.1) is 6.61 Å². The Morgan fingerprint density at radius 3 is 2.56 bits per heavy atom. The van der Waals surface area contributed by atoms with E-state index in [4.69, 9.17) is 10.2 Å². The van der Waals surface area contributed by atoms with E-state index in [0.717, 1.165) is 0 Å². The fourth-order valence-corrected chi connectivity index (χ4v) is 1.26. The van der Waals surface area contributed by atoms with E-state index in [1.807, 2.05) is 0 Å². The molecule has 1 aromatic rings. The van der Waals surface area contributed by atoms with Gasteiger partial charge in [0.15, 0.2) is 6.04 Å². The lowest BCUT2D eigenvalue weighted by molar-refractivity contribution is -0.139. The number of hydrogen-bond acceptors (Lipinski definition) is 4. The topological polar surface area (TPSA) is 90.1 Å². The van der Waals surface area contributed by atoms with Crippen LogP contribution in [0.1, 0.15) is 12.5 Å². The third-order valence-electron chi connectivity index (χ3n) is 2.10. The number of phenols is 1. The molecular weight excluding hydrogens is 210 g/mol. The molecule has 0 aliphatic heterocycles. The van der Waals surface area contributed by atoms with Crippen molar-refractivity contribution in [3.05, 3.63) is 29.8 Å². The number of carboxylic acid groups (broad SMARTS) is 1. The van der Waals surface area contributed by atoms with Crippen LogP contribution in [0.25, 0.3) is 0 Å². The molecular formula is C11H13NO4. The third-order valence-corrected chi connectivity index (χ3v) is 2.10. The Morgan fingerprint density at radius 2 is 2.06 bits per heavy atom. The molecule has 5 heteroatoms. The van der Waals surface area contributed by atoms with Gasteiger partial charge in [0, 0.05) is 11.3 Å². The molecule has 86 valence electrons. The van der Waals surface area contributed by atoms with Gasteiger partial charge in [-0.1, -0.05) is 12.1 Å².